The summed E-state index contributed by atoms with van der Waals surface area (Å²) in [6.45, 7) is 7.83. The van der Waals surface area contributed by atoms with Crippen molar-refractivity contribution in [3.8, 4) is 0 Å². The van der Waals surface area contributed by atoms with Gasteiger partial charge in [0, 0.05) is 73.8 Å². The molecule has 0 aromatic carbocycles. The first kappa shape index (κ1) is 47.6. The zero-order valence-corrected chi connectivity index (χ0v) is 32.3. The standard InChI is InChI=1S/C25H41N3O7.C7H15N3O2.C3H7NO.CH4/c1-14-6-7-17-15(2)19(32-23-25(17)16(14)12-13-24(3,33-23)34-35-25)9-11-21(30)28-18(22(31)27-5)8-10-20(29)26-4;1-9-6(11)4-3-5(8)7(12)10-2;1-3(5)4-2;/h14-19,23H,6-13H2,1-5H3,(H,26,29)(H,27,31)(H,28,30);5H,3-4,8H2,1-2H3,(H,9,11)(H,10,12);1-2H3,(H,4,5);1H4/t14-,15-,16+,17+,18+,19-,23-,24+,25-;5-;;/m10../s1. The molecule has 5 aliphatic rings. The van der Waals surface area contributed by atoms with Gasteiger partial charge in [-0.05, 0) is 63.2 Å². The Morgan fingerprint density at radius 3 is 1.89 bits per heavy atom. The fraction of sp³-hybridized carbons (Fsp3) is 0.833. The van der Waals surface area contributed by atoms with Gasteiger partial charge in [-0.2, -0.15) is 0 Å². The second-order valence-electron chi connectivity index (χ2n) is 14.2. The number of hydrogen-bond donors (Lipinski definition) is 7. The summed E-state index contributed by atoms with van der Waals surface area (Å²) in [7, 11) is 7.72. The smallest absolute Gasteiger partial charge is 0.242 e. The van der Waals surface area contributed by atoms with Crippen molar-refractivity contribution in [2.75, 3.05) is 35.2 Å². The van der Waals surface area contributed by atoms with E-state index in [1.807, 2.05) is 6.92 Å². The van der Waals surface area contributed by atoms with Crippen LogP contribution in [0.25, 0.3) is 0 Å². The highest BCUT2D eigenvalue weighted by Crippen LogP contribution is 2.60. The van der Waals surface area contributed by atoms with E-state index in [4.69, 9.17) is 25.0 Å². The van der Waals surface area contributed by atoms with Crippen LogP contribution < -0.4 is 37.6 Å². The quantitative estimate of drug-likeness (QED) is 0.137. The van der Waals surface area contributed by atoms with Gasteiger partial charge in [-0.3, -0.25) is 28.8 Å². The average molecular weight is 758 g/mol. The predicted octanol–water partition coefficient (Wildman–Crippen LogP) is 0.748. The van der Waals surface area contributed by atoms with Gasteiger partial charge in [0.2, 0.25) is 41.2 Å². The van der Waals surface area contributed by atoms with Crippen molar-refractivity contribution >= 4 is 35.4 Å². The molecule has 306 valence electrons. The monoisotopic (exact) mass is 757 g/mol. The van der Waals surface area contributed by atoms with Crippen molar-refractivity contribution in [1.82, 2.24) is 31.9 Å². The Balaban J connectivity index is 0.000000653. The average Bonchev–Trinajstić information content (AvgIpc) is 3.37. The van der Waals surface area contributed by atoms with Gasteiger partial charge in [-0.1, -0.05) is 21.3 Å². The van der Waals surface area contributed by atoms with E-state index in [-0.39, 0.29) is 86.5 Å². The van der Waals surface area contributed by atoms with Crippen LogP contribution in [0.5, 0.6) is 0 Å². The van der Waals surface area contributed by atoms with Gasteiger partial charge >= 0.3 is 0 Å². The molecule has 6 amide bonds. The number of carbonyl (C=O) groups is 6. The summed E-state index contributed by atoms with van der Waals surface area (Å²) in [5, 5.41) is 15.1. The van der Waals surface area contributed by atoms with E-state index in [9.17, 15) is 28.8 Å². The Kier molecular flexibility index (Phi) is 19.9. The second kappa shape index (κ2) is 22.1. The highest BCUT2D eigenvalue weighted by atomic mass is 17.3. The van der Waals surface area contributed by atoms with E-state index in [1.54, 1.807) is 21.1 Å². The second-order valence-corrected chi connectivity index (χ2v) is 14.2. The molecule has 0 unspecified atom stereocenters. The maximum atomic E-state index is 12.8. The van der Waals surface area contributed by atoms with Crippen LogP contribution in [0.1, 0.15) is 99.3 Å². The zero-order chi connectivity index (χ0) is 39.2. The van der Waals surface area contributed by atoms with Crippen LogP contribution in [-0.2, 0) is 48.0 Å². The Labute approximate surface area is 314 Å². The van der Waals surface area contributed by atoms with Crippen molar-refractivity contribution in [2.45, 2.75) is 135 Å². The van der Waals surface area contributed by atoms with E-state index < -0.39 is 29.8 Å². The van der Waals surface area contributed by atoms with Crippen LogP contribution in [0.3, 0.4) is 0 Å². The van der Waals surface area contributed by atoms with Gasteiger partial charge in [0.15, 0.2) is 11.9 Å². The molecule has 1 aliphatic carbocycles. The number of hydrogen-bond acceptors (Lipinski definition) is 11. The Bertz CT molecular complexity index is 1240. The summed E-state index contributed by atoms with van der Waals surface area (Å²) in [6.07, 6.45) is 4.92. The van der Waals surface area contributed by atoms with E-state index in [0.29, 0.717) is 24.7 Å². The van der Waals surface area contributed by atoms with Crippen LogP contribution in [0.15, 0.2) is 0 Å². The number of amides is 6. The molecular formula is C36H67N7O10. The van der Waals surface area contributed by atoms with Crippen molar-refractivity contribution < 1.29 is 48.0 Å². The predicted molar refractivity (Wildman–Crippen MR) is 197 cm³/mol. The topological polar surface area (TPSA) is 238 Å². The number of ether oxygens (including phenoxy) is 2. The normalized spacial score (nSPS) is 30.2. The SMILES string of the molecule is C.CNC(=O)CC[C@H](N)C(=O)NC.CNC(=O)CC[C@H](NC(=O)CC[C@H]1O[C@@H]2O[C@]3(C)CC[C@H]4[C@H](C)CC[C@@H]([C@H]1C)[C@@]24OO3)C(=O)NC.CNC(C)=O. The third-order valence-corrected chi connectivity index (χ3v) is 10.7. The molecule has 4 aliphatic heterocycles. The molecule has 4 saturated heterocycles. The molecule has 17 heteroatoms. The lowest BCUT2D eigenvalue weighted by Gasteiger charge is -2.60. The molecule has 1 saturated carbocycles. The number of carbonyl (C=O) groups excluding carboxylic acids is 6. The molecule has 10 atom stereocenters. The van der Waals surface area contributed by atoms with Gasteiger partial charge in [0.05, 0.1) is 12.1 Å². The highest BCUT2D eigenvalue weighted by molar-refractivity contribution is 5.88. The maximum Gasteiger partial charge on any atom is 0.242 e. The van der Waals surface area contributed by atoms with E-state index in [0.717, 1.165) is 25.7 Å². The zero-order valence-electron chi connectivity index (χ0n) is 32.3. The first-order valence-electron chi connectivity index (χ1n) is 18.3. The summed E-state index contributed by atoms with van der Waals surface area (Å²) in [6, 6.07) is -1.35. The molecule has 1 spiro atoms. The highest BCUT2D eigenvalue weighted by Gasteiger charge is 2.69. The molecule has 8 N–H and O–H groups in total. The van der Waals surface area contributed by atoms with Gasteiger partial charge in [0.25, 0.3) is 0 Å². The van der Waals surface area contributed by atoms with Crippen LogP contribution >= 0.6 is 0 Å². The molecule has 53 heavy (non-hydrogen) atoms. The summed E-state index contributed by atoms with van der Waals surface area (Å²) in [4.78, 5) is 79.9. The minimum absolute atomic E-state index is 0. The van der Waals surface area contributed by atoms with Gasteiger partial charge in [0.1, 0.15) is 6.04 Å². The Hall–Kier alpha value is -3.38. The molecule has 5 rings (SSSR count). The van der Waals surface area contributed by atoms with Gasteiger partial charge in [-0.25, -0.2) is 9.78 Å². The molecule has 17 nitrogen and oxygen atoms in total. The van der Waals surface area contributed by atoms with Crippen molar-refractivity contribution in [3.05, 3.63) is 0 Å². The number of nitrogens with two attached hydrogens (primary N) is 1. The molecular weight excluding hydrogens is 690 g/mol. The van der Waals surface area contributed by atoms with Gasteiger partial charge in [-0.15, -0.1) is 0 Å². The molecule has 5 fully saturated rings. The van der Waals surface area contributed by atoms with Crippen molar-refractivity contribution in [1.29, 1.82) is 0 Å². The van der Waals surface area contributed by atoms with Crippen molar-refractivity contribution in [3.63, 3.8) is 0 Å². The summed E-state index contributed by atoms with van der Waals surface area (Å²) < 4.78 is 12.9. The maximum absolute atomic E-state index is 12.8. The van der Waals surface area contributed by atoms with Crippen molar-refractivity contribution in [2.24, 2.45) is 29.4 Å². The van der Waals surface area contributed by atoms with Gasteiger partial charge < -0.3 is 47.1 Å². The fourth-order valence-electron chi connectivity index (χ4n) is 7.42. The molecule has 0 radical (unpaired) electrons. The van der Waals surface area contributed by atoms with Crippen LogP contribution in [0.2, 0.25) is 0 Å². The number of nitrogens with one attached hydrogen (secondary N) is 6. The number of rotatable bonds is 12. The lowest BCUT2D eigenvalue weighted by atomic mass is 9.57. The van der Waals surface area contributed by atoms with Crippen LogP contribution in [-0.4, -0.2) is 107 Å². The summed E-state index contributed by atoms with van der Waals surface area (Å²) in [5.74, 6) is -0.727. The summed E-state index contributed by atoms with van der Waals surface area (Å²) >= 11 is 0. The molecule has 0 aromatic heterocycles. The first-order chi connectivity index (χ1) is 24.5. The fourth-order valence-corrected chi connectivity index (χ4v) is 7.42. The van der Waals surface area contributed by atoms with Crippen LogP contribution in [0, 0.1) is 23.7 Å². The third-order valence-electron chi connectivity index (χ3n) is 10.7. The molecule has 0 aromatic rings. The molecule has 2 bridgehead atoms. The molecule has 4 heterocycles. The minimum atomic E-state index is -0.828. The minimum Gasteiger partial charge on any atom is -0.359 e. The first-order valence-corrected chi connectivity index (χ1v) is 18.3. The van der Waals surface area contributed by atoms with E-state index >= 15 is 0 Å². The van der Waals surface area contributed by atoms with Crippen LogP contribution in [0.4, 0.5) is 0 Å². The largest absolute Gasteiger partial charge is 0.359 e. The lowest BCUT2D eigenvalue weighted by molar-refractivity contribution is -0.571. The number of fused-ring (bicyclic) bond motifs is 2. The summed E-state index contributed by atoms with van der Waals surface area (Å²) in [5.41, 5.74) is 4.82. The Morgan fingerprint density at radius 2 is 1.34 bits per heavy atom. The third kappa shape index (κ3) is 12.9. The van der Waals surface area contributed by atoms with E-state index in [1.165, 1.54) is 21.0 Å². The lowest BCUT2D eigenvalue weighted by Crippen LogP contribution is -2.70. The Morgan fingerprint density at radius 1 is 0.755 bits per heavy atom. The van der Waals surface area contributed by atoms with E-state index in [2.05, 4.69) is 45.7 Å². The number of likely N-dealkylation sites (N-methyl/N-ethyl adjacent to an activating group) is 2.